The smallest absolute Gasteiger partial charge is 0.268 e. The second-order valence-corrected chi connectivity index (χ2v) is 10.7. The standard InChI is InChI=1S/C27H26N2O5S/c1-19-10-12-21(13-11-19)26(30)29-25(27(31)28-22-14-15-35(32,33)18-22)17-20-6-5-9-24(16-20)34-23-7-3-2-4-8-23/h2-13,16-17,22H,14-15,18H2,1H3,(H,28,31)(H,29,30)/b25-17+. The molecule has 1 aliphatic rings. The second-order valence-electron chi connectivity index (χ2n) is 8.44. The van der Waals surface area contributed by atoms with Crippen LogP contribution in [0.25, 0.3) is 6.08 Å². The Kier molecular flexibility index (Phi) is 7.31. The predicted molar refractivity (Wildman–Crippen MR) is 135 cm³/mol. The van der Waals surface area contributed by atoms with Gasteiger partial charge in [-0.05, 0) is 61.4 Å². The molecule has 0 aliphatic carbocycles. The fraction of sp³-hybridized carbons (Fsp3) is 0.185. The summed E-state index contributed by atoms with van der Waals surface area (Å²) in [6, 6.07) is 22.9. The number of nitrogens with one attached hydrogen (secondary N) is 2. The van der Waals surface area contributed by atoms with Crippen LogP contribution in [0.15, 0.2) is 84.6 Å². The van der Waals surface area contributed by atoms with E-state index in [9.17, 15) is 18.0 Å². The first-order chi connectivity index (χ1) is 16.8. The first kappa shape index (κ1) is 24.2. The third-order valence-electron chi connectivity index (χ3n) is 5.52. The van der Waals surface area contributed by atoms with E-state index in [0.717, 1.165) is 5.56 Å². The van der Waals surface area contributed by atoms with Gasteiger partial charge in [-0.25, -0.2) is 8.42 Å². The van der Waals surface area contributed by atoms with Crippen molar-refractivity contribution in [3.05, 3.63) is 101 Å². The molecule has 35 heavy (non-hydrogen) atoms. The van der Waals surface area contributed by atoms with Crippen molar-refractivity contribution in [1.29, 1.82) is 0 Å². The first-order valence-corrected chi connectivity index (χ1v) is 13.0. The zero-order valence-electron chi connectivity index (χ0n) is 19.2. The number of hydrogen-bond donors (Lipinski definition) is 2. The van der Waals surface area contributed by atoms with Crippen LogP contribution in [0.4, 0.5) is 0 Å². The lowest BCUT2D eigenvalue weighted by atomic mass is 10.1. The molecule has 0 bridgehead atoms. The maximum absolute atomic E-state index is 13.1. The molecule has 7 nitrogen and oxygen atoms in total. The SMILES string of the molecule is Cc1ccc(C(=O)N/C(=C/c2cccc(Oc3ccccc3)c2)C(=O)NC2CCS(=O)(=O)C2)cc1. The largest absolute Gasteiger partial charge is 0.457 e. The van der Waals surface area contributed by atoms with Crippen molar-refractivity contribution in [2.75, 3.05) is 11.5 Å². The zero-order valence-corrected chi connectivity index (χ0v) is 20.0. The average Bonchev–Trinajstić information content (AvgIpc) is 3.18. The highest BCUT2D eigenvalue weighted by Gasteiger charge is 2.30. The molecule has 180 valence electrons. The van der Waals surface area contributed by atoms with E-state index >= 15 is 0 Å². The minimum atomic E-state index is -3.17. The van der Waals surface area contributed by atoms with Crippen molar-refractivity contribution < 1.29 is 22.7 Å². The van der Waals surface area contributed by atoms with E-state index in [2.05, 4.69) is 10.6 Å². The summed E-state index contributed by atoms with van der Waals surface area (Å²) < 4.78 is 29.5. The number of amides is 2. The Morgan fingerprint density at radius 2 is 1.66 bits per heavy atom. The molecule has 2 amide bonds. The number of ether oxygens (including phenoxy) is 1. The lowest BCUT2D eigenvalue weighted by Gasteiger charge is -2.15. The van der Waals surface area contributed by atoms with Crippen molar-refractivity contribution in [3.8, 4) is 11.5 Å². The van der Waals surface area contributed by atoms with Gasteiger partial charge in [0, 0.05) is 11.6 Å². The third-order valence-corrected chi connectivity index (χ3v) is 7.29. The quantitative estimate of drug-likeness (QED) is 0.490. The molecule has 0 radical (unpaired) electrons. The molecule has 0 saturated carbocycles. The molecule has 0 spiro atoms. The van der Waals surface area contributed by atoms with Gasteiger partial charge in [-0.3, -0.25) is 9.59 Å². The van der Waals surface area contributed by atoms with E-state index in [0.29, 0.717) is 29.0 Å². The molecule has 3 aromatic carbocycles. The Bertz CT molecular complexity index is 1350. The summed E-state index contributed by atoms with van der Waals surface area (Å²) in [5.41, 5.74) is 2.05. The van der Waals surface area contributed by atoms with E-state index in [1.165, 1.54) is 0 Å². The molecule has 1 fully saturated rings. The molecule has 1 heterocycles. The van der Waals surface area contributed by atoms with Crippen LogP contribution < -0.4 is 15.4 Å². The van der Waals surface area contributed by atoms with Gasteiger partial charge < -0.3 is 15.4 Å². The normalized spacial score (nSPS) is 16.9. The van der Waals surface area contributed by atoms with Gasteiger partial charge in [0.15, 0.2) is 9.84 Å². The monoisotopic (exact) mass is 490 g/mol. The summed E-state index contributed by atoms with van der Waals surface area (Å²) in [7, 11) is -3.17. The molecular weight excluding hydrogens is 464 g/mol. The Labute approximate surface area is 204 Å². The van der Waals surface area contributed by atoms with Crippen LogP contribution in [0.1, 0.15) is 27.9 Å². The molecule has 8 heteroatoms. The van der Waals surface area contributed by atoms with Crippen molar-refractivity contribution in [2.45, 2.75) is 19.4 Å². The lowest BCUT2D eigenvalue weighted by Crippen LogP contribution is -2.41. The summed E-state index contributed by atoms with van der Waals surface area (Å²) in [6.45, 7) is 1.92. The van der Waals surface area contributed by atoms with E-state index < -0.39 is 27.7 Å². The van der Waals surface area contributed by atoms with Gasteiger partial charge in [0.05, 0.1) is 11.5 Å². The number of aryl methyl sites for hydroxylation is 1. The minimum Gasteiger partial charge on any atom is -0.457 e. The van der Waals surface area contributed by atoms with Gasteiger partial charge in [-0.15, -0.1) is 0 Å². The van der Waals surface area contributed by atoms with Crippen molar-refractivity contribution in [1.82, 2.24) is 10.6 Å². The highest BCUT2D eigenvalue weighted by atomic mass is 32.2. The van der Waals surface area contributed by atoms with Crippen LogP contribution in [0, 0.1) is 6.92 Å². The number of carbonyl (C=O) groups is 2. The van der Waals surface area contributed by atoms with Crippen molar-refractivity contribution in [2.24, 2.45) is 0 Å². The van der Waals surface area contributed by atoms with Gasteiger partial charge in [-0.2, -0.15) is 0 Å². The number of para-hydroxylation sites is 1. The van der Waals surface area contributed by atoms with Gasteiger partial charge >= 0.3 is 0 Å². The van der Waals surface area contributed by atoms with E-state index in [1.807, 2.05) is 49.4 Å². The van der Waals surface area contributed by atoms with Crippen LogP contribution in [0.5, 0.6) is 11.5 Å². The Morgan fingerprint density at radius 1 is 0.943 bits per heavy atom. The number of hydrogen-bond acceptors (Lipinski definition) is 5. The maximum Gasteiger partial charge on any atom is 0.268 e. The first-order valence-electron chi connectivity index (χ1n) is 11.2. The zero-order chi connectivity index (χ0) is 24.8. The highest BCUT2D eigenvalue weighted by Crippen LogP contribution is 2.23. The summed E-state index contributed by atoms with van der Waals surface area (Å²) in [5.74, 6) is 0.159. The van der Waals surface area contributed by atoms with Gasteiger partial charge in [-0.1, -0.05) is 48.0 Å². The fourth-order valence-electron chi connectivity index (χ4n) is 3.69. The van der Waals surface area contributed by atoms with E-state index in [1.54, 1.807) is 42.5 Å². The van der Waals surface area contributed by atoms with Crippen LogP contribution in [0.3, 0.4) is 0 Å². The topological polar surface area (TPSA) is 102 Å². The summed E-state index contributed by atoms with van der Waals surface area (Å²) in [6.07, 6.45) is 1.89. The Balaban J connectivity index is 1.58. The number of rotatable bonds is 7. The minimum absolute atomic E-state index is 0.0109. The van der Waals surface area contributed by atoms with Gasteiger partial charge in [0.1, 0.15) is 17.2 Å². The Hall–Kier alpha value is -3.91. The molecule has 3 aromatic rings. The van der Waals surface area contributed by atoms with E-state index in [4.69, 9.17) is 4.74 Å². The second kappa shape index (κ2) is 10.6. The number of sulfone groups is 1. The van der Waals surface area contributed by atoms with Crippen LogP contribution in [-0.4, -0.2) is 37.8 Å². The van der Waals surface area contributed by atoms with Crippen molar-refractivity contribution in [3.63, 3.8) is 0 Å². The lowest BCUT2D eigenvalue weighted by molar-refractivity contribution is -0.118. The van der Waals surface area contributed by atoms with Crippen LogP contribution >= 0.6 is 0 Å². The summed E-state index contributed by atoms with van der Waals surface area (Å²) in [4.78, 5) is 25.9. The molecule has 4 rings (SSSR count). The average molecular weight is 491 g/mol. The van der Waals surface area contributed by atoms with Gasteiger partial charge in [0.25, 0.3) is 11.8 Å². The van der Waals surface area contributed by atoms with Crippen LogP contribution in [0.2, 0.25) is 0 Å². The van der Waals surface area contributed by atoms with E-state index in [-0.39, 0.29) is 17.2 Å². The number of carbonyl (C=O) groups excluding carboxylic acids is 2. The molecule has 2 N–H and O–H groups in total. The molecular formula is C27H26N2O5S. The molecule has 1 saturated heterocycles. The summed E-state index contributed by atoms with van der Waals surface area (Å²) >= 11 is 0. The molecule has 1 aliphatic heterocycles. The Morgan fingerprint density at radius 3 is 2.34 bits per heavy atom. The molecule has 0 aromatic heterocycles. The fourth-order valence-corrected chi connectivity index (χ4v) is 5.36. The maximum atomic E-state index is 13.1. The highest BCUT2D eigenvalue weighted by molar-refractivity contribution is 7.91. The molecule has 1 unspecified atom stereocenters. The number of benzene rings is 3. The molecule has 1 atom stereocenters. The van der Waals surface area contributed by atoms with Crippen LogP contribution in [-0.2, 0) is 14.6 Å². The third kappa shape index (κ3) is 6.80. The summed E-state index contributed by atoms with van der Waals surface area (Å²) in [5, 5.41) is 5.43. The van der Waals surface area contributed by atoms with Gasteiger partial charge in [0.2, 0.25) is 0 Å². The predicted octanol–water partition coefficient (Wildman–Crippen LogP) is 3.86. The van der Waals surface area contributed by atoms with Crippen molar-refractivity contribution >= 4 is 27.7 Å².